The maximum absolute atomic E-state index is 13.7. The predicted molar refractivity (Wildman–Crippen MR) is 151 cm³/mol. The lowest BCUT2D eigenvalue weighted by Gasteiger charge is -2.34. The smallest absolute Gasteiger partial charge is 0.243 e. The Balaban J connectivity index is 1.81. The van der Waals surface area contributed by atoms with Crippen molar-refractivity contribution in [3.8, 4) is 0 Å². The second-order valence-corrected chi connectivity index (χ2v) is 11.3. The van der Waals surface area contributed by atoms with E-state index in [1.165, 1.54) is 11.1 Å². The van der Waals surface area contributed by atoms with Crippen LogP contribution in [-0.4, -0.2) is 34.0 Å². The second kappa shape index (κ2) is 13.3. The van der Waals surface area contributed by atoms with Crippen molar-refractivity contribution < 1.29 is 9.59 Å². The molecular weight excluding hydrogens is 464 g/mol. The third-order valence-electron chi connectivity index (χ3n) is 5.81. The van der Waals surface area contributed by atoms with E-state index in [1.54, 1.807) is 16.7 Å². The fraction of sp³-hybridized carbons (Fsp3) is 0.355. The number of thioether (sulfide) groups is 1. The summed E-state index contributed by atoms with van der Waals surface area (Å²) in [5, 5.41) is 3.12. The molecule has 0 fully saturated rings. The van der Waals surface area contributed by atoms with Crippen LogP contribution in [0.5, 0.6) is 0 Å². The van der Waals surface area contributed by atoms with Crippen LogP contribution in [0.25, 0.3) is 0 Å². The molecule has 0 saturated heterocycles. The number of benzene rings is 3. The molecule has 190 valence electrons. The first kappa shape index (κ1) is 27.5. The summed E-state index contributed by atoms with van der Waals surface area (Å²) >= 11 is 1.75. The molecule has 3 rings (SSSR count). The monoisotopic (exact) mass is 502 g/mol. The SMILES string of the molecule is Cc1ccc(CN(C(=O)CCSCc2ccccc2)[C@H](Cc2ccccc2)C(=O)NC(C)(C)C)cc1. The van der Waals surface area contributed by atoms with Gasteiger partial charge in [0.25, 0.3) is 0 Å². The molecular formula is C31H38N2O2S. The molecule has 3 aromatic carbocycles. The molecule has 36 heavy (non-hydrogen) atoms. The summed E-state index contributed by atoms with van der Waals surface area (Å²) in [6, 6.07) is 27.8. The first-order chi connectivity index (χ1) is 17.2. The van der Waals surface area contributed by atoms with E-state index in [2.05, 4.69) is 29.6 Å². The number of hydrogen-bond acceptors (Lipinski definition) is 3. The molecule has 0 aliphatic carbocycles. The van der Waals surface area contributed by atoms with E-state index in [4.69, 9.17) is 0 Å². The Labute approximate surface area is 220 Å². The van der Waals surface area contributed by atoms with Gasteiger partial charge in [0.1, 0.15) is 6.04 Å². The summed E-state index contributed by atoms with van der Waals surface area (Å²) in [6.45, 7) is 8.35. The summed E-state index contributed by atoms with van der Waals surface area (Å²) in [5.41, 5.74) is 4.08. The van der Waals surface area contributed by atoms with Crippen molar-refractivity contribution in [3.05, 3.63) is 107 Å². The highest BCUT2D eigenvalue weighted by molar-refractivity contribution is 7.98. The number of nitrogens with one attached hydrogen (secondary N) is 1. The number of hydrogen-bond donors (Lipinski definition) is 1. The zero-order chi connectivity index (χ0) is 26.0. The minimum Gasteiger partial charge on any atom is -0.350 e. The quantitative estimate of drug-likeness (QED) is 0.319. The molecule has 0 saturated carbocycles. The molecule has 4 nitrogen and oxygen atoms in total. The van der Waals surface area contributed by atoms with Gasteiger partial charge in [0.2, 0.25) is 11.8 Å². The van der Waals surface area contributed by atoms with Gasteiger partial charge in [-0.3, -0.25) is 9.59 Å². The van der Waals surface area contributed by atoms with Crippen LogP contribution < -0.4 is 5.32 Å². The highest BCUT2D eigenvalue weighted by atomic mass is 32.2. The lowest BCUT2D eigenvalue weighted by atomic mass is 10.0. The van der Waals surface area contributed by atoms with Crippen molar-refractivity contribution in [2.45, 2.75) is 64.4 Å². The van der Waals surface area contributed by atoms with Crippen molar-refractivity contribution >= 4 is 23.6 Å². The Bertz CT molecular complexity index is 1090. The molecule has 2 amide bonds. The van der Waals surface area contributed by atoms with Gasteiger partial charge in [0, 0.05) is 36.4 Å². The number of nitrogens with zero attached hydrogens (tertiary/aromatic N) is 1. The average Bonchev–Trinajstić information content (AvgIpc) is 2.85. The maximum atomic E-state index is 13.7. The Morgan fingerprint density at radius 2 is 1.42 bits per heavy atom. The number of rotatable bonds is 11. The van der Waals surface area contributed by atoms with Crippen molar-refractivity contribution in [2.75, 3.05) is 5.75 Å². The van der Waals surface area contributed by atoms with Crippen molar-refractivity contribution in [2.24, 2.45) is 0 Å². The zero-order valence-corrected chi connectivity index (χ0v) is 22.7. The molecule has 0 aromatic heterocycles. The average molecular weight is 503 g/mol. The maximum Gasteiger partial charge on any atom is 0.243 e. The molecule has 3 aromatic rings. The molecule has 1 N–H and O–H groups in total. The van der Waals surface area contributed by atoms with Crippen LogP contribution >= 0.6 is 11.8 Å². The number of aryl methyl sites for hydroxylation is 1. The van der Waals surface area contributed by atoms with Crippen LogP contribution in [-0.2, 0) is 28.3 Å². The van der Waals surface area contributed by atoms with Crippen molar-refractivity contribution in [1.29, 1.82) is 0 Å². The summed E-state index contributed by atoms with van der Waals surface area (Å²) in [5.74, 6) is 1.45. The van der Waals surface area contributed by atoms with E-state index in [0.29, 0.717) is 25.1 Å². The van der Waals surface area contributed by atoms with Crippen LogP contribution in [0.2, 0.25) is 0 Å². The van der Waals surface area contributed by atoms with E-state index < -0.39 is 11.6 Å². The van der Waals surface area contributed by atoms with Gasteiger partial charge in [-0.15, -0.1) is 0 Å². The summed E-state index contributed by atoms with van der Waals surface area (Å²) in [7, 11) is 0. The highest BCUT2D eigenvalue weighted by Crippen LogP contribution is 2.19. The van der Waals surface area contributed by atoms with Gasteiger partial charge >= 0.3 is 0 Å². The summed E-state index contributed by atoms with van der Waals surface area (Å²) in [4.78, 5) is 29.0. The van der Waals surface area contributed by atoms with Crippen molar-refractivity contribution in [3.63, 3.8) is 0 Å². The van der Waals surface area contributed by atoms with Gasteiger partial charge in [0.15, 0.2) is 0 Å². The molecule has 1 atom stereocenters. The Kier molecular flexibility index (Phi) is 10.2. The minimum absolute atomic E-state index is 0.00104. The zero-order valence-electron chi connectivity index (χ0n) is 21.9. The van der Waals surface area contributed by atoms with Gasteiger partial charge in [0.05, 0.1) is 0 Å². The minimum atomic E-state index is -0.598. The second-order valence-electron chi connectivity index (χ2n) is 10.2. The Morgan fingerprint density at radius 1 is 0.833 bits per heavy atom. The standard InChI is InChI=1S/C31H38N2O2S/c1-24-15-17-26(18-16-24)22-33(29(34)19-20-36-23-27-13-9-6-10-14-27)28(30(35)32-31(2,3)4)21-25-11-7-5-8-12-25/h5-18,28H,19-23H2,1-4H3,(H,32,35)/t28-/m1/s1. The van der Waals surface area contributed by atoms with Crippen molar-refractivity contribution in [1.82, 2.24) is 10.2 Å². The predicted octanol–water partition coefficient (Wildman–Crippen LogP) is 6.17. The van der Waals surface area contributed by atoms with Crippen LogP contribution in [0, 0.1) is 6.92 Å². The van der Waals surface area contributed by atoms with Gasteiger partial charge < -0.3 is 10.2 Å². The molecule has 0 bridgehead atoms. The van der Waals surface area contributed by atoms with Gasteiger partial charge in [-0.05, 0) is 44.4 Å². The topological polar surface area (TPSA) is 49.4 Å². The van der Waals surface area contributed by atoms with Gasteiger partial charge in [-0.25, -0.2) is 0 Å². The number of amides is 2. The van der Waals surface area contributed by atoms with Crippen LogP contribution in [0.3, 0.4) is 0 Å². The molecule has 0 spiro atoms. The molecule has 0 aliphatic rings. The normalized spacial score (nSPS) is 12.1. The largest absolute Gasteiger partial charge is 0.350 e. The first-order valence-corrected chi connectivity index (χ1v) is 13.7. The Hall–Kier alpha value is -3.05. The van der Waals surface area contributed by atoms with Crippen LogP contribution in [0.4, 0.5) is 0 Å². The van der Waals surface area contributed by atoms with E-state index in [0.717, 1.165) is 16.9 Å². The van der Waals surface area contributed by atoms with E-state index in [-0.39, 0.29) is 11.8 Å². The van der Waals surface area contributed by atoms with E-state index in [1.807, 2.05) is 88.4 Å². The fourth-order valence-electron chi connectivity index (χ4n) is 3.96. The summed E-state index contributed by atoms with van der Waals surface area (Å²) in [6.07, 6.45) is 0.856. The van der Waals surface area contributed by atoms with Gasteiger partial charge in [-0.2, -0.15) is 11.8 Å². The molecule has 0 aliphatic heterocycles. The lowest BCUT2D eigenvalue weighted by Crippen LogP contribution is -2.54. The molecule has 0 unspecified atom stereocenters. The Morgan fingerprint density at radius 3 is 2.00 bits per heavy atom. The third-order valence-corrected chi connectivity index (χ3v) is 6.84. The van der Waals surface area contributed by atoms with E-state index >= 15 is 0 Å². The number of carbonyl (C=O) groups excluding carboxylic acids is 2. The lowest BCUT2D eigenvalue weighted by molar-refractivity contribution is -0.141. The highest BCUT2D eigenvalue weighted by Gasteiger charge is 2.32. The third kappa shape index (κ3) is 9.19. The van der Waals surface area contributed by atoms with Crippen LogP contribution in [0.15, 0.2) is 84.9 Å². The molecule has 5 heteroatoms. The van der Waals surface area contributed by atoms with Crippen LogP contribution in [0.1, 0.15) is 49.4 Å². The molecule has 0 radical (unpaired) electrons. The fourth-order valence-corrected chi connectivity index (χ4v) is 4.86. The number of carbonyl (C=O) groups is 2. The summed E-state index contributed by atoms with van der Waals surface area (Å²) < 4.78 is 0. The van der Waals surface area contributed by atoms with Gasteiger partial charge in [-0.1, -0.05) is 90.5 Å². The van der Waals surface area contributed by atoms with E-state index in [9.17, 15) is 9.59 Å². The first-order valence-electron chi connectivity index (χ1n) is 12.5. The molecule has 0 heterocycles.